The van der Waals surface area contributed by atoms with Crippen LogP contribution in [0.3, 0.4) is 0 Å². The van der Waals surface area contributed by atoms with E-state index in [1.54, 1.807) is 0 Å². The molecule has 0 saturated carbocycles. The van der Waals surface area contributed by atoms with Gasteiger partial charge in [-0.3, -0.25) is 4.79 Å². The van der Waals surface area contributed by atoms with Gasteiger partial charge < -0.3 is 20.5 Å². The summed E-state index contributed by atoms with van der Waals surface area (Å²) in [6.07, 6.45) is -1.15. The molecule has 0 radical (unpaired) electrons. The van der Waals surface area contributed by atoms with Crippen molar-refractivity contribution in [2.45, 2.75) is 6.10 Å². The molecule has 0 aliphatic carbocycles. The molecule has 0 bridgehead atoms. The van der Waals surface area contributed by atoms with Crippen molar-refractivity contribution in [2.75, 3.05) is 33.4 Å². The zero-order chi connectivity index (χ0) is 15.0. The molecule has 0 spiro atoms. The number of carbonyl (C=O) groups excluding carboxylic acids is 1. The lowest BCUT2D eigenvalue weighted by atomic mass is 10.1. The third-order valence-electron chi connectivity index (χ3n) is 2.57. The van der Waals surface area contributed by atoms with Crippen LogP contribution in [0.4, 0.5) is 8.78 Å². The number of hydrogen-bond acceptors (Lipinski definition) is 4. The predicted molar refractivity (Wildman–Crippen MR) is 69.1 cm³/mol. The first-order valence-electron chi connectivity index (χ1n) is 6.14. The van der Waals surface area contributed by atoms with Gasteiger partial charge in [-0.1, -0.05) is 6.07 Å². The fourth-order valence-corrected chi connectivity index (χ4v) is 1.56. The highest BCUT2D eigenvalue weighted by Gasteiger charge is 2.13. The van der Waals surface area contributed by atoms with E-state index in [1.807, 2.05) is 0 Å². The number of benzene rings is 1. The first kappa shape index (κ1) is 16.5. The average Bonchev–Trinajstić information content (AvgIpc) is 2.38. The second kappa shape index (κ2) is 8.57. The van der Waals surface area contributed by atoms with Crippen molar-refractivity contribution < 1.29 is 23.4 Å². The van der Waals surface area contributed by atoms with E-state index >= 15 is 0 Å². The van der Waals surface area contributed by atoms with Crippen LogP contribution in [0.5, 0.6) is 0 Å². The van der Waals surface area contributed by atoms with Gasteiger partial charge in [0.2, 0.25) is 5.91 Å². The highest BCUT2D eigenvalue weighted by atomic mass is 19.1. The van der Waals surface area contributed by atoms with Gasteiger partial charge in [-0.15, -0.1) is 0 Å². The standard InChI is InChI=1S/C13H18F2N2O3/c1-20-5-4-17-13(19)8-16-7-12(18)10-3-2-9(14)6-11(10)15/h2-3,6,12,16,18H,4-5,7-8H2,1H3,(H,17,19). The molecule has 0 fully saturated rings. The van der Waals surface area contributed by atoms with Crippen molar-refractivity contribution in [2.24, 2.45) is 0 Å². The van der Waals surface area contributed by atoms with Gasteiger partial charge in [0.15, 0.2) is 0 Å². The molecule has 20 heavy (non-hydrogen) atoms. The topological polar surface area (TPSA) is 70.6 Å². The summed E-state index contributed by atoms with van der Waals surface area (Å²) in [6.45, 7) is 0.783. The summed E-state index contributed by atoms with van der Waals surface area (Å²) in [4.78, 5) is 11.3. The predicted octanol–water partition coefficient (Wildman–Crippen LogP) is 0.350. The lowest BCUT2D eigenvalue weighted by molar-refractivity contribution is -0.120. The smallest absolute Gasteiger partial charge is 0.234 e. The van der Waals surface area contributed by atoms with E-state index in [0.717, 1.165) is 6.07 Å². The van der Waals surface area contributed by atoms with Crippen molar-refractivity contribution in [3.8, 4) is 0 Å². The number of halogens is 2. The van der Waals surface area contributed by atoms with E-state index in [4.69, 9.17) is 4.74 Å². The fraction of sp³-hybridized carbons (Fsp3) is 0.462. The summed E-state index contributed by atoms with van der Waals surface area (Å²) in [5.41, 5.74) is -0.0151. The maximum absolute atomic E-state index is 13.4. The summed E-state index contributed by atoms with van der Waals surface area (Å²) in [7, 11) is 1.53. The summed E-state index contributed by atoms with van der Waals surface area (Å²) in [5, 5.41) is 15.0. The van der Waals surface area contributed by atoms with Crippen molar-refractivity contribution in [3.63, 3.8) is 0 Å². The first-order chi connectivity index (χ1) is 9.54. The lowest BCUT2D eigenvalue weighted by Crippen LogP contribution is -2.37. The zero-order valence-corrected chi connectivity index (χ0v) is 11.2. The molecular formula is C13H18F2N2O3. The molecule has 0 aliphatic heterocycles. The minimum atomic E-state index is -1.15. The molecule has 0 aliphatic rings. The highest BCUT2D eigenvalue weighted by Crippen LogP contribution is 2.17. The van der Waals surface area contributed by atoms with Gasteiger partial charge in [0.05, 0.1) is 19.3 Å². The van der Waals surface area contributed by atoms with E-state index < -0.39 is 17.7 Å². The van der Waals surface area contributed by atoms with Crippen molar-refractivity contribution >= 4 is 5.91 Å². The monoisotopic (exact) mass is 288 g/mol. The van der Waals surface area contributed by atoms with Crippen LogP contribution < -0.4 is 10.6 Å². The molecule has 1 aromatic rings. The Morgan fingerprint density at radius 3 is 2.85 bits per heavy atom. The molecule has 7 heteroatoms. The van der Waals surface area contributed by atoms with Crippen LogP contribution in [0.2, 0.25) is 0 Å². The molecule has 0 heterocycles. The molecule has 5 nitrogen and oxygen atoms in total. The quantitative estimate of drug-likeness (QED) is 0.604. The summed E-state index contributed by atoms with van der Waals surface area (Å²) in [6, 6.07) is 2.95. The molecule has 1 rings (SSSR count). The van der Waals surface area contributed by atoms with Crippen LogP contribution in [0.1, 0.15) is 11.7 Å². The van der Waals surface area contributed by atoms with Crippen LogP contribution in [0.25, 0.3) is 0 Å². The second-order valence-electron chi connectivity index (χ2n) is 4.16. The number of aliphatic hydroxyl groups excluding tert-OH is 1. The minimum absolute atomic E-state index is 0.0103. The van der Waals surface area contributed by atoms with Crippen LogP contribution >= 0.6 is 0 Å². The Labute approximate surface area is 115 Å². The van der Waals surface area contributed by atoms with Gasteiger partial charge in [0.1, 0.15) is 11.6 Å². The Morgan fingerprint density at radius 1 is 1.45 bits per heavy atom. The maximum atomic E-state index is 13.4. The summed E-state index contributed by atoms with van der Waals surface area (Å²) >= 11 is 0. The normalized spacial score (nSPS) is 12.2. The summed E-state index contributed by atoms with van der Waals surface area (Å²) < 4.78 is 30.9. The lowest BCUT2D eigenvalue weighted by Gasteiger charge is -2.13. The van der Waals surface area contributed by atoms with Gasteiger partial charge >= 0.3 is 0 Å². The molecule has 0 aromatic heterocycles. The number of aliphatic hydroxyl groups is 1. The van der Waals surface area contributed by atoms with E-state index in [1.165, 1.54) is 13.2 Å². The zero-order valence-electron chi connectivity index (χ0n) is 11.2. The third kappa shape index (κ3) is 5.60. The molecule has 1 aromatic carbocycles. The Morgan fingerprint density at radius 2 is 2.20 bits per heavy atom. The van der Waals surface area contributed by atoms with Gasteiger partial charge in [0.25, 0.3) is 0 Å². The van der Waals surface area contributed by atoms with Gasteiger partial charge in [-0.2, -0.15) is 0 Å². The highest BCUT2D eigenvalue weighted by molar-refractivity contribution is 5.77. The van der Waals surface area contributed by atoms with E-state index in [-0.39, 0.29) is 24.6 Å². The number of rotatable bonds is 8. The van der Waals surface area contributed by atoms with Crippen LogP contribution in [-0.2, 0) is 9.53 Å². The number of amides is 1. The van der Waals surface area contributed by atoms with E-state index in [0.29, 0.717) is 19.2 Å². The van der Waals surface area contributed by atoms with Crippen molar-refractivity contribution in [3.05, 3.63) is 35.4 Å². The number of carbonyl (C=O) groups is 1. The maximum Gasteiger partial charge on any atom is 0.234 e. The number of ether oxygens (including phenoxy) is 1. The van der Waals surface area contributed by atoms with Crippen molar-refractivity contribution in [1.82, 2.24) is 10.6 Å². The van der Waals surface area contributed by atoms with Crippen molar-refractivity contribution in [1.29, 1.82) is 0 Å². The second-order valence-corrected chi connectivity index (χ2v) is 4.16. The van der Waals surface area contributed by atoms with Crippen LogP contribution in [0.15, 0.2) is 18.2 Å². The Kier molecular flexibility index (Phi) is 7.06. The molecular weight excluding hydrogens is 270 g/mol. The first-order valence-corrected chi connectivity index (χ1v) is 6.14. The van der Waals surface area contributed by atoms with E-state index in [2.05, 4.69) is 10.6 Å². The van der Waals surface area contributed by atoms with Gasteiger partial charge in [-0.25, -0.2) is 8.78 Å². The number of methoxy groups -OCH3 is 1. The van der Waals surface area contributed by atoms with Crippen LogP contribution in [0, 0.1) is 11.6 Å². The number of nitrogens with one attached hydrogen (secondary N) is 2. The molecule has 1 unspecified atom stereocenters. The SMILES string of the molecule is COCCNC(=O)CNCC(O)c1ccc(F)cc1F. The molecule has 112 valence electrons. The van der Waals surface area contributed by atoms with Gasteiger partial charge in [-0.05, 0) is 6.07 Å². The van der Waals surface area contributed by atoms with Crippen LogP contribution in [-0.4, -0.2) is 44.4 Å². The molecule has 1 atom stereocenters. The molecule has 0 saturated heterocycles. The molecule has 1 amide bonds. The van der Waals surface area contributed by atoms with Gasteiger partial charge in [0, 0.05) is 31.8 Å². The summed E-state index contributed by atoms with van der Waals surface area (Å²) in [5.74, 6) is -1.78. The third-order valence-corrected chi connectivity index (χ3v) is 2.57. The Balaban J connectivity index is 2.32. The average molecular weight is 288 g/mol. The fourth-order valence-electron chi connectivity index (χ4n) is 1.56. The largest absolute Gasteiger partial charge is 0.387 e. The minimum Gasteiger partial charge on any atom is -0.387 e. The number of hydrogen-bond donors (Lipinski definition) is 3. The van der Waals surface area contributed by atoms with E-state index in [9.17, 15) is 18.7 Å². The molecule has 3 N–H and O–H groups in total. The Bertz CT molecular complexity index is 444. The Hall–Kier alpha value is -1.57.